The highest BCUT2D eigenvalue weighted by Crippen LogP contribution is 2.46. The second-order valence-corrected chi connectivity index (χ2v) is 9.21. The molecule has 1 saturated heterocycles. The van der Waals surface area contributed by atoms with Crippen molar-refractivity contribution in [3.8, 4) is 5.75 Å². The number of nitrogens with one attached hydrogen (secondary N) is 3. The highest BCUT2D eigenvalue weighted by molar-refractivity contribution is 6.18. The van der Waals surface area contributed by atoms with Crippen molar-refractivity contribution in [1.29, 1.82) is 0 Å². The molecule has 0 saturated carbocycles. The zero-order valence-electron chi connectivity index (χ0n) is 18.2. The van der Waals surface area contributed by atoms with Gasteiger partial charge in [-0.2, -0.15) is 13.2 Å². The van der Waals surface area contributed by atoms with Gasteiger partial charge in [-0.3, -0.25) is 0 Å². The van der Waals surface area contributed by atoms with Crippen molar-refractivity contribution in [3.63, 3.8) is 0 Å². The van der Waals surface area contributed by atoms with Gasteiger partial charge in [0.1, 0.15) is 18.6 Å². The summed E-state index contributed by atoms with van der Waals surface area (Å²) in [6, 6.07) is 3.77. The highest BCUT2D eigenvalue weighted by Gasteiger charge is 2.39. The molecule has 3 atom stereocenters. The van der Waals surface area contributed by atoms with Gasteiger partial charge in [-0.05, 0) is 43.7 Å². The molecule has 178 valence electrons. The summed E-state index contributed by atoms with van der Waals surface area (Å²) in [5, 5.41) is 3.68. The maximum atomic E-state index is 14.6. The van der Waals surface area contributed by atoms with Gasteiger partial charge in [0.15, 0.2) is 5.75 Å². The standard InChI is InChI=1S/C25H22F5N3O/c1-11-7-18-15(9-16(11)27)20-21(25(28,29)30)19-14-8-12(26)4-5-17(14)32-22(19)24(23(20)33-18)34-10-13-3-2-6-31-13/h4-5,7-9,11,13,16,31-33H,2-3,6,10H2,1H3. The van der Waals surface area contributed by atoms with E-state index in [4.69, 9.17) is 4.74 Å². The average molecular weight is 475 g/mol. The largest absolute Gasteiger partial charge is 0.488 e. The fourth-order valence-electron chi connectivity index (χ4n) is 5.29. The van der Waals surface area contributed by atoms with Gasteiger partial charge in [-0.1, -0.05) is 13.0 Å². The molecule has 3 heterocycles. The summed E-state index contributed by atoms with van der Waals surface area (Å²) in [6.45, 7) is 2.79. The zero-order valence-corrected chi connectivity index (χ0v) is 18.2. The van der Waals surface area contributed by atoms with E-state index in [2.05, 4.69) is 15.3 Å². The molecule has 4 aromatic rings. The average Bonchev–Trinajstić information content (AvgIpc) is 3.49. The molecule has 0 bridgehead atoms. The van der Waals surface area contributed by atoms with E-state index < -0.39 is 29.6 Å². The maximum absolute atomic E-state index is 14.6. The fourth-order valence-corrected chi connectivity index (χ4v) is 5.29. The highest BCUT2D eigenvalue weighted by atomic mass is 19.4. The summed E-state index contributed by atoms with van der Waals surface area (Å²) < 4.78 is 78.9. The maximum Gasteiger partial charge on any atom is 0.417 e. The number of alkyl halides is 4. The first-order valence-corrected chi connectivity index (χ1v) is 11.3. The Morgan fingerprint density at radius 1 is 1.09 bits per heavy atom. The number of hydrogen-bond donors (Lipinski definition) is 3. The predicted octanol–water partition coefficient (Wildman–Crippen LogP) is 4.64. The molecule has 0 spiro atoms. The first-order valence-electron chi connectivity index (χ1n) is 11.3. The number of rotatable bonds is 3. The van der Waals surface area contributed by atoms with E-state index in [0.29, 0.717) is 10.9 Å². The minimum atomic E-state index is -4.78. The van der Waals surface area contributed by atoms with Crippen LogP contribution < -0.4 is 20.6 Å². The lowest BCUT2D eigenvalue weighted by Crippen LogP contribution is -2.32. The first kappa shape index (κ1) is 21.5. The van der Waals surface area contributed by atoms with Crippen LogP contribution in [-0.2, 0) is 6.18 Å². The van der Waals surface area contributed by atoms with Gasteiger partial charge in [-0.15, -0.1) is 0 Å². The number of halogens is 5. The Labute approximate surface area is 190 Å². The normalized spacial score (nSPS) is 22.8. The third kappa shape index (κ3) is 3.20. The Hall–Kier alpha value is -3.07. The molecule has 2 aromatic carbocycles. The van der Waals surface area contributed by atoms with E-state index in [9.17, 15) is 22.0 Å². The van der Waals surface area contributed by atoms with E-state index in [0.717, 1.165) is 25.5 Å². The summed E-state index contributed by atoms with van der Waals surface area (Å²) in [5.74, 6) is -0.905. The van der Waals surface area contributed by atoms with Crippen molar-refractivity contribution in [3.05, 3.63) is 40.1 Å². The van der Waals surface area contributed by atoms with E-state index >= 15 is 0 Å². The van der Waals surface area contributed by atoms with Crippen LogP contribution in [0.15, 0.2) is 18.2 Å². The van der Waals surface area contributed by atoms with E-state index in [-0.39, 0.29) is 50.8 Å². The first-order chi connectivity index (χ1) is 16.2. The number of ether oxygens (including phenoxy) is 1. The van der Waals surface area contributed by atoms with Crippen LogP contribution in [0.5, 0.6) is 5.75 Å². The molecule has 2 aliphatic rings. The van der Waals surface area contributed by atoms with Crippen molar-refractivity contribution in [2.45, 2.75) is 38.2 Å². The number of aromatic amines is 2. The summed E-state index contributed by atoms with van der Waals surface area (Å²) in [4.78, 5) is 6.10. The van der Waals surface area contributed by atoms with Crippen LogP contribution in [0, 0.1) is 11.7 Å². The molecule has 9 heteroatoms. The number of H-pyrrole nitrogens is 2. The molecule has 2 aromatic heterocycles. The minimum Gasteiger partial charge on any atom is -0.488 e. The molecule has 0 amide bonds. The lowest BCUT2D eigenvalue weighted by Gasteiger charge is -2.17. The Kier molecular flexibility index (Phi) is 4.71. The molecule has 3 unspecified atom stereocenters. The topological polar surface area (TPSA) is 52.8 Å². The van der Waals surface area contributed by atoms with Crippen LogP contribution in [0.1, 0.15) is 25.3 Å². The molecular formula is C25H22F5N3O. The van der Waals surface area contributed by atoms with Gasteiger partial charge in [0, 0.05) is 44.2 Å². The van der Waals surface area contributed by atoms with Gasteiger partial charge < -0.3 is 20.0 Å². The van der Waals surface area contributed by atoms with Crippen LogP contribution in [0.2, 0.25) is 0 Å². The molecule has 1 aliphatic heterocycles. The smallest absolute Gasteiger partial charge is 0.417 e. The van der Waals surface area contributed by atoms with Gasteiger partial charge in [0.05, 0.1) is 16.6 Å². The number of hydrogen-bond acceptors (Lipinski definition) is 2. The third-order valence-electron chi connectivity index (χ3n) is 6.92. The van der Waals surface area contributed by atoms with E-state index in [1.807, 2.05) is 0 Å². The Morgan fingerprint density at radius 2 is 1.88 bits per heavy atom. The summed E-state index contributed by atoms with van der Waals surface area (Å²) in [6.07, 6.45) is -1.47. The monoisotopic (exact) mass is 475 g/mol. The number of benzene rings is 2. The Morgan fingerprint density at radius 3 is 2.62 bits per heavy atom. The molecule has 3 N–H and O–H groups in total. The molecule has 34 heavy (non-hydrogen) atoms. The second kappa shape index (κ2) is 7.46. The molecule has 6 rings (SSSR count). The predicted molar refractivity (Wildman–Crippen MR) is 121 cm³/mol. The van der Waals surface area contributed by atoms with Crippen LogP contribution in [0.4, 0.5) is 22.0 Å². The van der Waals surface area contributed by atoms with Crippen LogP contribution in [0.25, 0.3) is 44.9 Å². The SMILES string of the molecule is CC1C=c2[nH]c3c(OCC4CCCN4)c4[nH]c5ccc(F)cc5c4c(C(F)(F)F)c3c2=CC1F. The Bertz CT molecular complexity index is 1560. The summed E-state index contributed by atoms with van der Waals surface area (Å²) >= 11 is 0. The molecule has 4 nitrogen and oxygen atoms in total. The zero-order chi connectivity index (χ0) is 23.8. The quantitative estimate of drug-likeness (QED) is 0.378. The third-order valence-corrected chi connectivity index (χ3v) is 6.92. The van der Waals surface area contributed by atoms with Crippen LogP contribution in [0.3, 0.4) is 0 Å². The summed E-state index contributed by atoms with van der Waals surface area (Å²) in [7, 11) is 0. The Balaban J connectivity index is 1.77. The minimum absolute atomic E-state index is 0.0761. The lowest BCUT2D eigenvalue weighted by atomic mass is 9.96. The van der Waals surface area contributed by atoms with Crippen LogP contribution >= 0.6 is 0 Å². The van der Waals surface area contributed by atoms with Gasteiger partial charge in [-0.25, -0.2) is 8.78 Å². The van der Waals surface area contributed by atoms with Gasteiger partial charge >= 0.3 is 6.18 Å². The van der Waals surface area contributed by atoms with Crippen molar-refractivity contribution >= 4 is 44.9 Å². The fraction of sp³-hybridized carbons (Fsp3) is 0.360. The van der Waals surface area contributed by atoms with Gasteiger partial charge in [0.2, 0.25) is 0 Å². The van der Waals surface area contributed by atoms with Crippen molar-refractivity contribution in [1.82, 2.24) is 15.3 Å². The molecule has 1 aliphatic carbocycles. The summed E-state index contributed by atoms with van der Waals surface area (Å²) in [5.41, 5.74) is -0.269. The van der Waals surface area contributed by atoms with Crippen molar-refractivity contribution < 1.29 is 26.7 Å². The number of aromatic nitrogens is 2. The lowest BCUT2D eigenvalue weighted by molar-refractivity contribution is -0.135. The van der Waals surface area contributed by atoms with Crippen LogP contribution in [-0.4, -0.2) is 35.3 Å². The van der Waals surface area contributed by atoms with E-state index in [1.54, 1.807) is 13.0 Å². The number of fused-ring (bicyclic) bond motifs is 6. The van der Waals surface area contributed by atoms with Gasteiger partial charge in [0.25, 0.3) is 0 Å². The van der Waals surface area contributed by atoms with Crippen molar-refractivity contribution in [2.75, 3.05) is 13.2 Å². The van der Waals surface area contributed by atoms with Crippen molar-refractivity contribution in [2.24, 2.45) is 5.92 Å². The molecule has 0 radical (unpaired) electrons. The second-order valence-electron chi connectivity index (χ2n) is 9.21. The molecular weight excluding hydrogens is 453 g/mol. The van der Waals surface area contributed by atoms with E-state index in [1.165, 1.54) is 18.2 Å². The molecule has 1 fully saturated rings.